The van der Waals surface area contributed by atoms with Crippen molar-refractivity contribution < 1.29 is 9.53 Å². The van der Waals surface area contributed by atoms with Gasteiger partial charge in [0.2, 0.25) is 5.95 Å². The molecule has 1 amide bonds. The number of amides is 1. The minimum atomic E-state index is -0.518. The molecular formula is C15H19BrN4O2. The lowest BCUT2D eigenvalue weighted by atomic mass is 10.1. The third-order valence-electron chi connectivity index (χ3n) is 3.06. The number of carbonyl (C=O) groups is 1. The number of hydrogen-bond donors (Lipinski definition) is 2. The van der Waals surface area contributed by atoms with Gasteiger partial charge < -0.3 is 4.74 Å². The Balaban J connectivity index is 2.12. The molecule has 22 heavy (non-hydrogen) atoms. The van der Waals surface area contributed by atoms with Crippen molar-refractivity contribution in [3.8, 4) is 11.4 Å². The van der Waals surface area contributed by atoms with Crippen LogP contribution in [0.3, 0.4) is 0 Å². The molecule has 2 aromatic rings. The Bertz CT molecular complexity index is 642. The first kappa shape index (κ1) is 16.6. The zero-order valence-corrected chi connectivity index (χ0v) is 14.3. The van der Waals surface area contributed by atoms with E-state index in [0.717, 1.165) is 10.0 Å². The maximum atomic E-state index is 12.2. The number of H-pyrrole nitrogens is 1. The monoisotopic (exact) mass is 366 g/mol. The van der Waals surface area contributed by atoms with Gasteiger partial charge in [-0.15, -0.1) is 5.10 Å². The van der Waals surface area contributed by atoms with E-state index in [2.05, 4.69) is 36.4 Å². The highest BCUT2D eigenvalue weighted by molar-refractivity contribution is 9.10. The Hall–Kier alpha value is -1.73. The van der Waals surface area contributed by atoms with Crippen LogP contribution >= 0.6 is 15.9 Å². The Morgan fingerprint density at radius 3 is 2.77 bits per heavy atom. The van der Waals surface area contributed by atoms with Crippen molar-refractivity contribution in [1.82, 2.24) is 15.2 Å². The number of ether oxygens (including phenoxy) is 1. The molecule has 1 heterocycles. The standard InChI is InChI=1S/C15H19BrN4O2/c1-4-22-12(9(2)3)14(21)18-15-17-13(19-20-15)10-7-5-6-8-11(10)16/h5-9,12H,4H2,1-3H3,(H2,17,18,19,20,21). The number of nitrogens with zero attached hydrogens (tertiary/aromatic N) is 2. The molecule has 6 nitrogen and oxygen atoms in total. The summed E-state index contributed by atoms with van der Waals surface area (Å²) < 4.78 is 6.36. The SMILES string of the molecule is CCOC(C(=O)Nc1n[nH]c(-c2ccccc2Br)n1)C(C)C. The van der Waals surface area contributed by atoms with Gasteiger partial charge >= 0.3 is 0 Å². The molecule has 7 heteroatoms. The van der Waals surface area contributed by atoms with Crippen molar-refractivity contribution in [2.24, 2.45) is 5.92 Å². The van der Waals surface area contributed by atoms with E-state index in [4.69, 9.17) is 4.74 Å². The number of aromatic nitrogens is 3. The summed E-state index contributed by atoms with van der Waals surface area (Å²) in [4.78, 5) is 16.5. The van der Waals surface area contributed by atoms with Gasteiger partial charge in [0.15, 0.2) is 5.82 Å². The first-order valence-corrected chi connectivity index (χ1v) is 7.92. The summed E-state index contributed by atoms with van der Waals surface area (Å²) in [5.41, 5.74) is 0.876. The molecule has 0 saturated heterocycles. The van der Waals surface area contributed by atoms with Crippen LogP contribution in [-0.2, 0) is 9.53 Å². The Kier molecular flexibility index (Phi) is 5.68. The van der Waals surface area contributed by atoms with Crippen LogP contribution in [0.1, 0.15) is 20.8 Å². The van der Waals surface area contributed by atoms with Crippen molar-refractivity contribution in [2.75, 3.05) is 11.9 Å². The molecule has 0 saturated carbocycles. The second-order valence-corrected chi connectivity index (χ2v) is 5.95. The Morgan fingerprint density at radius 1 is 1.41 bits per heavy atom. The van der Waals surface area contributed by atoms with Gasteiger partial charge in [0, 0.05) is 16.6 Å². The van der Waals surface area contributed by atoms with Crippen molar-refractivity contribution in [1.29, 1.82) is 0 Å². The van der Waals surface area contributed by atoms with Gasteiger partial charge in [-0.05, 0) is 18.9 Å². The number of rotatable bonds is 6. The third kappa shape index (κ3) is 3.92. The third-order valence-corrected chi connectivity index (χ3v) is 3.75. The summed E-state index contributed by atoms with van der Waals surface area (Å²) in [6.45, 7) is 6.21. The molecule has 118 valence electrons. The van der Waals surface area contributed by atoms with E-state index in [1.54, 1.807) is 0 Å². The first-order valence-electron chi connectivity index (χ1n) is 7.12. The molecule has 0 spiro atoms. The van der Waals surface area contributed by atoms with Crippen molar-refractivity contribution in [3.05, 3.63) is 28.7 Å². The van der Waals surface area contributed by atoms with E-state index in [-0.39, 0.29) is 17.8 Å². The molecule has 1 atom stereocenters. The van der Waals surface area contributed by atoms with Crippen LogP contribution in [0, 0.1) is 5.92 Å². The van der Waals surface area contributed by atoms with E-state index in [1.807, 2.05) is 45.0 Å². The molecule has 1 aromatic heterocycles. The normalized spacial score (nSPS) is 12.4. The average Bonchev–Trinajstić information content (AvgIpc) is 2.93. The second-order valence-electron chi connectivity index (χ2n) is 5.10. The van der Waals surface area contributed by atoms with Gasteiger partial charge in [-0.2, -0.15) is 4.98 Å². The van der Waals surface area contributed by atoms with Gasteiger partial charge in [0.05, 0.1) is 0 Å². The molecule has 0 aliphatic carbocycles. The van der Waals surface area contributed by atoms with Crippen molar-refractivity contribution in [3.63, 3.8) is 0 Å². The second kappa shape index (κ2) is 7.51. The minimum absolute atomic E-state index is 0.0710. The summed E-state index contributed by atoms with van der Waals surface area (Å²) in [6.07, 6.45) is -0.518. The predicted octanol–water partition coefficient (Wildman–Crippen LogP) is 3.23. The Morgan fingerprint density at radius 2 is 2.14 bits per heavy atom. The van der Waals surface area contributed by atoms with E-state index in [1.165, 1.54) is 0 Å². The number of benzene rings is 1. The fourth-order valence-electron chi connectivity index (χ4n) is 2.02. The molecule has 1 aromatic carbocycles. The van der Waals surface area contributed by atoms with Crippen LogP contribution in [-0.4, -0.2) is 33.8 Å². The van der Waals surface area contributed by atoms with E-state index < -0.39 is 6.10 Å². The molecule has 0 aliphatic heterocycles. The molecule has 2 N–H and O–H groups in total. The molecule has 0 aliphatic rings. The fourth-order valence-corrected chi connectivity index (χ4v) is 2.50. The zero-order valence-electron chi connectivity index (χ0n) is 12.8. The number of hydrogen-bond acceptors (Lipinski definition) is 4. The summed E-state index contributed by atoms with van der Waals surface area (Å²) >= 11 is 3.46. The largest absolute Gasteiger partial charge is 0.368 e. The fraction of sp³-hybridized carbons (Fsp3) is 0.400. The molecule has 0 radical (unpaired) electrons. The maximum absolute atomic E-state index is 12.2. The van der Waals surface area contributed by atoms with Crippen LogP contribution in [0.4, 0.5) is 5.95 Å². The van der Waals surface area contributed by atoms with Gasteiger partial charge in [0.25, 0.3) is 5.91 Å². The van der Waals surface area contributed by atoms with Crippen LogP contribution < -0.4 is 5.32 Å². The van der Waals surface area contributed by atoms with Crippen LogP contribution in [0.5, 0.6) is 0 Å². The lowest BCUT2D eigenvalue weighted by molar-refractivity contribution is -0.129. The highest BCUT2D eigenvalue weighted by atomic mass is 79.9. The number of aromatic amines is 1. The van der Waals surface area contributed by atoms with Crippen molar-refractivity contribution >= 4 is 27.8 Å². The van der Waals surface area contributed by atoms with Gasteiger partial charge in [-0.3, -0.25) is 15.2 Å². The number of anilines is 1. The highest BCUT2D eigenvalue weighted by Gasteiger charge is 2.23. The van der Waals surface area contributed by atoms with E-state index in [0.29, 0.717) is 12.4 Å². The van der Waals surface area contributed by atoms with Gasteiger partial charge in [0.1, 0.15) is 6.10 Å². The summed E-state index contributed by atoms with van der Waals surface area (Å²) in [7, 11) is 0. The number of halogens is 1. The topological polar surface area (TPSA) is 79.9 Å². The van der Waals surface area contributed by atoms with Crippen molar-refractivity contribution in [2.45, 2.75) is 26.9 Å². The smallest absolute Gasteiger partial charge is 0.256 e. The number of carbonyl (C=O) groups excluding carboxylic acids is 1. The number of nitrogens with one attached hydrogen (secondary N) is 2. The highest BCUT2D eigenvalue weighted by Crippen LogP contribution is 2.25. The Labute approximate surface area is 137 Å². The molecule has 1 unspecified atom stereocenters. The molecule has 0 fully saturated rings. The zero-order chi connectivity index (χ0) is 16.1. The molecule has 0 bridgehead atoms. The van der Waals surface area contributed by atoms with Crippen LogP contribution in [0.25, 0.3) is 11.4 Å². The summed E-state index contributed by atoms with van der Waals surface area (Å²) in [6, 6.07) is 7.65. The molecule has 2 rings (SSSR count). The van der Waals surface area contributed by atoms with Gasteiger partial charge in [-0.25, -0.2) is 0 Å². The molecular weight excluding hydrogens is 348 g/mol. The first-order chi connectivity index (χ1) is 10.5. The summed E-state index contributed by atoms with van der Waals surface area (Å²) in [5, 5.41) is 9.54. The van der Waals surface area contributed by atoms with Crippen LogP contribution in [0.15, 0.2) is 28.7 Å². The average molecular weight is 367 g/mol. The predicted molar refractivity (Wildman–Crippen MR) is 88.4 cm³/mol. The van der Waals surface area contributed by atoms with Gasteiger partial charge in [-0.1, -0.05) is 48.0 Å². The summed E-state index contributed by atoms with van der Waals surface area (Å²) in [5.74, 6) is 0.651. The van der Waals surface area contributed by atoms with E-state index in [9.17, 15) is 4.79 Å². The van der Waals surface area contributed by atoms with E-state index >= 15 is 0 Å². The lowest BCUT2D eigenvalue weighted by Crippen LogP contribution is -2.35. The lowest BCUT2D eigenvalue weighted by Gasteiger charge is -2.18. The quantitative estimate of drug-likeness (QED) is 0.822. The van der Waals surface area contributed by atoms with Crippen LogP contribution in [0.2, 0.25) is 0 Å². The maximum Gasteiger partial charge on any atom is 0.256 e. The minimum Gasteiger partial charge on any atom is -0.368 e.